The summed E-state index contributed by atoms with van der Waals surface area (Å²) in [5.74, 6) is 0. The molecule has 0 aliphatic rings. The van der Waals surface area contributed by atoms with E-state index in [1.807, 2.05) is 11.4 Å². The van der Waals surface area contributed by atoms with Crippen molar-refractivity contribution in [3.63, 3.8) is 0 Å². The minimum absolute atomic E-state index is 0.125. The van der Waals surface area contributed by atoms with E-state index in [-0.39, 0.29) is 6.04 Å². The zero-order valence-electron chi connectivity index (χ0n) is 6.00. The molecule has 1 atom stereocenters. The minimum atomic E-state index is 0.125. The van der Waals surface area contributed by atoms with Crippen molar-refractivity contribution in [1.29, 1.82) is 0 Å². The van der Waals surface area contributed by atoms with Crippen LogP contribution in [-0.4, -0.2) is 0 Å². The van der Waals surface area contributed by atoms with Gasteiger partial charge in [0.2, 0.25) is 0 Å². The Morgan fingerprint density at radius 2 is 2.40 bits per heavy atom. The van der Waals surface area contributed by atoms with Gasteiger partial charge in [-0.2, -0.15) is 0 Å². The minimum Gasteiger partial charge on any atom is -0.398 e. The van der Waals surface area contributed by atoms with Gasteiger partial charge in [0.05, 0.1) is 0 Å². The topological polar surface area (TPSA) is 52.0 Å². The molecule has 1 rings (SSSR count). The fourth-order valence-electron chi connectivity index (χ4n) is 0.818. The normalized spacial score (nSPS) is 13.4. The van der Waals surface area contributed by atoms with E-state index in [2.05, 4.69) is 6.92 Å². The highest BCUT2D eigenvalue weighted by molar-refractivity contribution is 7.10. The molecule has 3 heteroatoms. The van der Waals surface area contributed by atoms with Crippen LogP contribution >= 0.6 is 11.3 Å². The smallest absolute Gasteiger partial charge is 0.0471 e. The van der Waals surface area contributed by atoms with Gasteiger partial charge in [-0.05, 0) is 17.9 Å². The molecule has 0 amide bonds. The summed E-state index contributed by atoms with van der Waals surface area (Å²) in [6, 6.07) is 2.02. The van der Waals surface area contributed by atoms with Crippen LogP contribution in [0.15, 0.2) is 11.4 Å². The van der Waals surface area contributed by atoms with Crippen LogP contribution in [0, 0.1) is 0 Å². The van der Waals surface area contributed by atoms with Crippen molar-refractivity contribution < 1.29 is 0 Å². The first-order chi connectivity index (χ1) is 4.75. The highest BCUT2D eigenvalue weighted by Gasteiger charge is 2.07. The number of thiophene rings is 1. The molecule has 0 aromatic carbocycles. The summed E-state index contributed by atoms with van der Waals surface area (Å²) in [5, 5.41) is 1.97. The standard InChI is InChI=1S/C7H12N2S/c1-2-5(8)7-6(9)3-4-10-7/h3-5H,2,8-9H2,1H3/t5-/m0/s1. The van der Waals surface area contributed by atoms with Gasteiger partial charge in [-0.25, -0.2) is 0 Å². The van der Waals surface area contributed by atoms with Gasteiger partial charge in [-0.15, -0.1) is 11.3 Å². The number of nitrogens with two attached hydrogens (primary N) is 2. The Labute approximate surface area is 64.8 Å². The number of hydrogen-bond donors (Lipinski definition) is 2. The molecule has 2 nitrogen and oxygen atoms in total. The number of nitrogen functional groups attached to an aromatic ring is 1. The molecular weight excluding hydrogens is 144 g/mol. The SMILES string of the molecule is CC[C@H](N)c1sccc1N. The predicted octanol–water partition coefficient (Wildman–Crippen LogP) is 1.74. The first-order valence-electron chi connectivity index (χ1n) is 3.34. The molecule has 10 heavy (non-hydrogen) atoms. The molecular formula is C7H12N2S. The van der Waals surface area contributed by atoms with Crippen LogP contribution in [0.2, 0.25) is 0 Å². The highest BCUT2D eigenvalue weighted by Crippen LogP contribution is 2.26. The summed E-state index contributed by atoms with van der Waals surface area (Å²) in [6.45, 7) is 2.06. The van der Waals surface area contributed by atoms with Crippen LogP contribution < -0.4 is 11.5 Å². The van der Waals surface area contributed by atoms with Crippen molar-refractivity contribution in [3.8, 4) is 0 Å². The number of hydrogen-bond acceptors (Lipinski definition) is 3. The Morgan fingerprint density at radius 3 is 2.80 bits per heavy atom. The van der Waals surface area contributed by atoms with Crippen molar-refractivity contribution in [3.05, 3.63) is 16.3 Å². The fourth-order valence-corrected chi connectivity index (χ4v) is 1.72. The van der Waals surface area contributed by atoms with E-state index in [1.165, 1.54) is 0 Å². The summed E-state index contributed by atoms with van der Waals surface area (Å²) in [7, 11) is 0. The van der Waals surface area contributed by atoms with E-state index in [9.17, 15) is 0 Å². The quantitative estimate of drug-likeness (QED) is 0.685. The zero-order chi connectivity index (χ0) is 7.56. The third-order valence-electron chi connectivity index (χ3n) is 1.50. The van der Waals surface area contributed by atoms with Crippen LogP contribution in [0.4, 0.5) is 5.69 Å². The van der Waals surface area contributed by atoms with Crippen LogP contribution in [0.1, 0.15) is 24.3 Å². The average Bonchev–Trinajstić information content (AvgIpc) is 2.34. The van der Waals surface area contributed by atoms with Crippen LogP contribution in [0.25, 0.3) is 0 Å². The molecule has 0 bridgehead atoms. The lowest BCUT2D eigenvalue weighted by Crippen LogP contribution is -2.08. The maximum absolute atomic E-state index is 5.77. The summed E-state index contributed by atoms with van der Waals surface area (Å²) in [4.78, 5) is 1.11. The summed E-state index contributed by atoms with van der Waals surface area (Å²) in [5.41, 5.74) is 12.3. The van der Waals surface area contributed by atoms with Crippen LogP contribution in [-0.2, 0) is 0 Å². The first kappa shape index (κ1) is 7.57. The maximum atomic E-state index is 5.77. The van der Waals surface area contributed by atoms with Gasteiger partial charge in [-0.1, -0.05) is 6.92 Å². The van der Waals surface area contributed by atoms with Gasteiger partial charge in [0, 0.05) is 16.6 Å². The maximum Gasteiger partial charge on any atom is 0.0471 e. The second kappa shape index (κ2) is 3.03. The van der Waals surface area contributed by atoms with Crippen molar-refractivity contribution >= 4 is 17.0 Å². The van der Waals surface area contributed by atoms with E-state index >= 15 is 0 Å². The van der Waals surface area contributed by atoms with E-state index < -0.39 is 0 Å². The Kier molecular flexibility index (Phi) is 2.29. The van der Waals surface area contributed by atoms with Crippen LogP contribution in [0.3, 0.4) is 0 Å². The lowest BCUT2D eigenvalue weighted by Gasteiger charge is -2.05. The molecule has 0 saturated carbocycles. The Morgan fingerprint density at radius 1 is 1.70 bits per heavy atom. The molecule has 1 aromatic rings. The highest BCUT2D eigenvalue weighted by atomic mass is 32.1. The van der Waals surface area contributed by atoms with Crippen molar-refractivity contribution in [1.82, 2.24) is 0 Å². The van der Waals surface area contributed by atoms with Gasteiger partial charge in [0.25, 0.3) is 0 Å². The fraction of sp³-hybridized carbons (Fsp3) is 0.429. The van der Waals surface area contributed by atoms with Crippen LogP contribution in [0.5, 0.6) is 0 Å². The lowest BCUT2D eigenvalue weighted by atomic mass is 10.2. The monoisotopic (exact) mass is 156 g/mol. The van der Waals surface area contributed by atoms with E-state index in [0.717, 1.165) is 17.0 Å². The van der Waals surface area contributed by atoms with Gasteiger partial charge in [0.1, 0.15) is 0 Å². The average molecular weight is 156 g/mol. The van der Waals surface area contributed by atoms with Gasteiger partial charge >= 0.3 is 0 Å². The molecule has 0 radical (unpaired) electrons. The van der Waals surface area contributed by atoms with Gasteiger partial charge < -0.3 is 11.5 Å². The summed E-state index contributed by atoms with van der Waals surface area (Å²) >= 11 is 1.63. The van der Waals surface area contributed by atoms with Crippen molar-refractivity contribution in [2.45, 2.75) is 19.4 Å². The first-order valence-corrected chi connectivity index (χ1v) is 4.22. The van der Waals surface area contributed by atoms with E-state index in [0.29, 0.717) is 0 Å². The Balaban J connectivity index is 2.82. The van der Waals surface area contributed by atoms with Crippen molar-refractivity contribution in [2.75, 3.05) is 5.73 Å². The molecule has 0 spiro atoms. The molecule has 0 unspecified atom stereocenters. The third kappa shape index (κ3) is 1.30. The second-order valence-electron chi connectivity index (χ2n) is 2.25. The molecule has 1 heterocycles. The number of anilines is 1. The van der Waals surface area contributed by atoms with E-state index in [4.69, 9.17) is 11.5 Å². The molecule has 0 aliphatic heterocycles. The van der Waals surface area contributed by atoms with E-state index in [1.54, 1.807) is 11.3 Å². The Bertz CT molecular complexity index is 207. The predicted molar refractivity (Wildman–Crippen MR) is 46.0 cm³/mol. The zero-order valence-corrected chi connectivity index (χ0v) is 6.82. The van der Waals surface area contributed by atoms with Gasteiger partial charge in [0.15, 0.2) is 0 Å². The molecule has 56 valence electrons. The van der Waals surface area contributed by atoms with Gasteiger partial charge in [-0.3, -0.25) is 0 Å². The second-order valence-corrected chi connectivity index (χ2v) is 3.20. The Hall–Kier alpha value is -0.540. The summed E-state index contributed by atoms with van der Waals surface area (Å²) < 4.78 is 0. The lowest BCUT2D eigenvalue weighted by molar-refractivity contribution is 0.714. The largest absolute Gasteiger partial charge is 0.398 e. The summed E-state index contributed by atoms with van der Waals surface area (Å²) in [6.07, 6.45) is 0.949. The third-order valence-corrected chi connectivity index (χ3v) is 2.57. The molecule has 1 aromatic heterocycles. The number of rotatable bonds is 2. The van der Waals surface area contributed by atoms with Crippen molar-refractivity contribution in [2.24, 2.45) is 5.73 Å². The molecule has 4 N–H and O–H groups in total. The molecule has 0 saturated heterocycles. The molecule has 0 aliphatic carbocycles. The molecule has 0 fully saturated rings.